The summed E-state index contributed by atoms with van der Waals surface area (Å²) in [5.41, 5.74) is 2.28. The lowest BCUT2D eigenvalue weighted by molar-refractivity contribution is -0.113. The number of nitrogens with zero attached hydrogens (tertiary/aromatic N) is 2. The molecule has 7 heteroatoms. The van der Waals surface area contributed by atoms with E-state index in [1.165, 1.54) is 0 Å². The quantitative estimate of drug-likeness (QED) is 0.517. The average molecular weight is 431 g/mol. The van der Waals surface area contributed by atoms with Gasteiger partial charge in [-0.3, -0.25) is 9.59 Å². The van der Waals surface area contributed by atoms with E-state index in [1.807, 2.05) is 25.1 Å². The zero-order valence-electron chi connectivity index (χ0n) is 16.6. The van der Waals surface area contributed by atoms with E-state index in [1.54, 1.807) is 30.3 Å². The van der Waals surface area contributed by atoms with E-state index in [2.05, 4.69) is 18.7 Å². The molecule has 0 saturated carbocycles. The van der Waals surface area contributed by atoms with Crippen LogP contribution in [0.15, 0.2) is 47.4 Å². The Morgan fingerprint density at radius 1 is 1.10 bits per heavy atom. The number of halogens is 1. The number of imide groups is 1. The summed E-state index contributed by atoms with van der Waals surface area (Å²) in [5, 5.41) is 0.123. The van der Waals surface area contributed by atoms with Crippen molar-refractivity contribution in [1.29, 1.82) is 0 Å². The summed E-state index contributed by atoms with van der Waals surface area (Å²) in [6.45, 7) is 8.40. The molecule has 0 radical (unpaired) electrons. The number of amides is 2. The number of ether oxygens (including phenoxy) is 1. The Bertz CT molecular complexity index is 957. The normalized spacial score (nSPS) is 15.3. The molecule has 1 aliphatic rings. The van der Waals surface area contributed by atoms with Gasteiger partial charge in [0.2, 0.25) is 0 Å². The van der Waals surface area contributed by atoms with Crippen LogP contribution in [-0.2, 0) is 4.79 Å². The minimum absolute atomic E-state index is 0.346. The fourth-order valence-corrected chi connectivity index (χ4v) is 4.17. The largest absolute Gasteiger partial charge is 0.493 e. The number of rotatable bonds is 7. The van der Waals surface area contributed by atoms with Crippen molar-refractivity contribution < 1.29 is 14.3 Å². The Morgan fingerprint density at radius 3 is 2.52 bits per heavy atom. The standard InChI is InChI=1S/C22H23ClN2O3S/c1-4-24(5-2)17-11-10-15(19(14-17)28-6-3)12-20-21(26)25(22(27)29-20)18-9-7-8-16(23)13-18/h7-14H,4-6H2,1-3H3/b20-12+. The molecule has 3 rings (SSSR count). The van der Waals surface area contributed by atoms with Crippen molar-refractivity contribution in [2.24, 2.45) is 0 Å². The van der Waals surface area contributed by atoms with Gasteiger partial charge >= 0.3 is 0 Å². The van der Waals surface area contributed by atoms with Gasteiger partial charge in [-0.1, -0.05) is 17.7 Å². The van der Waals surface area contributed by atoms with E-state index in [-0.39, 0.29) is 11.1 Å². The molecule has 29 heavy (non-hydrogen) atoms. The lowest BCUT2D eigenvalue weighted by Gasteiger charge is -2.22. The monoisotopic (exact) mass is 430 g/mol. The number of carbonyl (C=O) groups excluding carboxylic acids is 2. The van der Waals surface area contributed by atoms with Crippen LogP contribution in [0.1, 0.15) is 26.3 Å². The topological polar surface area (TPSA) is 49.9 Å². The fourth-order valence-electron chi connectivity index (χ4n) is 3.16. The van der Waals surface area contributed by atoms with Crippen molar-refractivity contribution in [1.82, 2.24) is 0 Å². The van der Waals surface area contributed by atoms with Crippen LogP contribution in [-0.4, -0.2) is 30.8 Å². The molecule has 2 amide bonds. The second-order valence-electron chi connectivity index (χ2n) is 6.32. The number of benzene rings is 2. The van der Waals surface area contributed by atoms with Crippen LogP contribution in [0, 0.1) is 0 Å². The first-order valence-electron chi connectivity index (χ1n) is 9.53. The predicted octanol–water partition coefficient (Wildman–Crippen LogP) is 5.83. The summed E-state index contributed by atoms with van der Waals surface area (Å²) in [5.74, 6) is 0.323. The Hall–Kier alpha value is -2.44. The van der Waals surface area contributed by atoms with E-state index in [4.69, 9.17) is 16.3 Å². The molecule has 0 unspecified atom stereocenters. The predicted molar refractivity (Wildman–Crippen MR) is 121 cm³/mol. The van der Waals surface area contributed by atoms with Gasteiger partial charge in [-0.2, -0.15) is 0 Å². The third-order valence-electron chi connectivity index (χ3n) is 4.57. The minimum atomic E-state index is -0.363. The van der Waals surface area contributed by atoms with Gasteiger partial charge in [-0.25, -0.2) is 4.90 Å². The first kappa shape index (κ1) is 21.3. The first-order valence-corrected chi connectivity index (χ1v) is 10.7. The molecule has 152 valence electrons. The van der Waals surface area contributed by atoms with Crippen molar-refractivity contribution in [2.75, 3.05) is 29.5 Å². The summed E-state index contributed by atoms with van der Waals surface area (Å²) < 4.78 is 5.81. The number of hydrogen-bond acceptors (Lipinski definition) is 5. The molecule has 0 spiro atoms. The van der Waals surface area contributed by atoms with Gasteiger partial charge in [0.1, 0.15) is 5.75 Å². The van der Waals surface area contributed by atoms with Gasteiger partial charge in [0.05, 0.1) is 17.2 Å². The number of thioether (sulfide) groups is 1. The lowest BCUT2D eigenvalue weighted by Crippen LogP contribution is -2.27. The summed E-state index contributed by atoms with van der Waals surface area (Å²) in [4.78, 5) is 29.1. The molecule has 0 aliphatic carbocycles. The van der Waals surface area contributed by atoms with Crippen molar-refractivity contribution >= 4 is 52.0 Å². The fraction of sp³-hybridized carbons (Fsp3) is 0.273. The van der Waals surface area contributed by atoms with Gasteiger partial charge < -0.3 is 9.64 Å². The van der Waals surface area contributed by atoms with Gasteiger partial charge in [-0.15, -0.1) is 0 Å². The van der Waals surface area contributed by atoms with Crippen molar-refractivity contribution in [3.05, 3.63) is 58.0 Å². The van der Waals surface area contributed by atoms with E-state index in [0.717, 1.165) is 41.0 Å². The molecule has 1 fully saturated rings. The summed E-state index contributed by atoms with van der Waals surface area (Å²) in [6, 6.07) is 12.6. The van der Waals surface area contributed by atoms with Crippen LogP contribution >= 0.6 is 23.4 Å². The molecule has 1 saturated heterocycles. The molecule has 0 bridgehead atoms. The molecule has 5 nitrogen and oxygen atoms in total. The van der Waals surface area contributed by atoms with Crippen LogP contribution < -0.4 is 14.5 Å². The Kier molecular flexibility index (Phi) is 6.87. The SMILES string of the molecule is CCOc1cc(N(CC)CC)ccc1/C=C1/SC(=O)N(c2cccc(Cl)c2)C1=O. The Labute approximate surface area is 180 Å². The molecular weight excluding hydrogens is 408 g/mol. The second-order valence-corrected chi connectivity index (χ2v) is 7.75. The zero-order chi connectivity index (χ0) is 21.0. The Balaban J connectivity index is 1.95. The Morgan fingerprint density at radius 2 is 1.86 bits per heavy atom. The molecule has 0 aromatic heterocycles. The van der Waals surface area contributed by atoms with E-state index in [0.29, 0.717) is 28.0 Å². The lowest BCUT2D eigenvalue weighted by atomic mass is 10.1. The summed E-state index contributed by atoms with van der Waals surface area (Å²) in [7, 11) is 0. The number of carbonyl (C=O) groups is 2. The molecule has 0 atom stereocenters. The van der Waals surface area contributed by atoms with E-state index in [9.17, 15) is 9.59 Å². The van der Waals surface area contributed by atoms with E-state index >= 15 is 0 Å². The molecule has 0 N–H and O–H groups in total. The highest BCUT2D eigenvalue weighted by molar-refractivity contribution is 8.19. The first-order chi connectivity index (χ1) is 14.0. The van der Waals surface area contributed by atoms with Crippen molar-refractivity contribution in [3.8, 4) is 5.75 Å². The highest BCUT2D eigenvalue weighted by atomic mass is 35.5. The van der Waals surface area contributed by atoms with Gasteiger partial charge in [-0.05, 0) is 68.9 Å². The summed E-state index contributed by atoms with van der Waals surface area (Å²) in [6.07, 6.45) is 1.71. The maximum atomic E-state index is 12.9. The van der Waals surface area contributed by atoms with Crippen LogP contribution in [0.4, 0.5) is 16.2 Å². The maximum Gasteiger partial charge on any atom is 0.298 e. The van der Waals surface area contributed by atoms with Crippen molar-refractivity contribution in [2.45, 2.75) is 20.8 Å². The average Bonchev–Trinajstić information content (AvgIpc) is 2.98. The van der Waals surface area contributed by atoms with Crippen LogP contribution in [0.3, 0.4) is 0 Å². The van der Waals surface area contributed by atoms with Crippen LogP contribution in [0.25, 0.3) is 6.08 Å². The number of anilines is 2. The smallest absolute Gasteiger partial charge is 0.298 e. The third kappa shape index (κ3) is 4.60. The molecular formula is C22H23ClN2O3S. The van der Waals surface area contributed by atoms with Gasteiger partial charge in [0, 0.05) is 35.4 Å². The summed E-state index contributed by atoms with van der Waals surface area (Å²) >= 11 is 6.93. The molecule has 2 aromatic carbocycles. The number of hydrogen-bond donors (Lipinski definition) is 0. The van der Waals surface area contributed by atoms with Gasteiger partial charge in [0.25, 0.3) is 11.1 Å². The van der Waals surface area contributed by atoms with E-state index < -0.39 is 0 Å². The van der Waals surface area contributed by atoms with Crippen molar-refractivity contribution in [3.63, 3.8) is 0 Å². The highest BCUT2D eigenvalue weighted by Crippen LogP contribution is 2.38. The van der Waals surface area contributed by atoms with Gasteiger partial charge in [0.15, 0.2) is 0 Å². The third-order valence-corrected chi connectivity index (χ3v) is 5.68. The van der Waals surface area contributed by atoms with Crippen LogP contribution in [0.5, 0.6) is 5.75 Å². The minimum Gasteiger partial charge on any atom is -0.493 e. The van der Waals surface area contributed by atoms with Crippen LogP contribution in [0.2, 0.25) is 5.02 Å². The zero-order valence-corrected chi connectivity index (χ0v) is 18.2. The molecule has 1 heterocycles. The maximum absolute atomic E-state index is 12.9. The molecule has 1 aliphatic heterocycles. The highest BCUT2D eigenvalue weighted by Gasteiger charge is 2.36. The molecule has 2 aromatic rings. The second kappa shape index (κ2) is 9.37.